The maximum absolute atomic E-state index is 7.30. The molecule has 312 valence electrons. The third kappa shape index (κ3) is 5.65. The van der Waals surface area contributed by atoms with Crippen LogP contribution in [-0.4, -0.2) is 4.57 Å². The number of hydrogen-bond acceptors (Lipinski definition) is 2. The standard InChI is InChI=1S/C55H41N3.C7H8/c1-54(2)42-20-8-6-16-36(42)37-28-26-35(31-47(37)54)34-27-29-43-41(30-34)52-40(49(57)32-48(56)33-14-4-3-5-15-33)19-13-22-45(52)55(43)44-21-9-11-25-51(44)58-50-24-10-7-17-38(50)39-18-12-23-46(55)53(39)58;1-7-5-3-2-4-6-7/h3-32,49H,56-57H2,1-2H3;2-6H,1H3/b48-32-;. The normalized spacial score (nSPS) is 16.3. The van der Waals surface area contributed by atoms with Crippen molar-refractivity contribution in [2.75, 3.05) is 0 Å². The van der Waals surface area contributed by atoms with E-state index < -0.39 is 11.5 Å². The van der Waals surface area contributed by atoms with Crippen molar-refractivity contribution in [2.24, 2.45) is 11.5 Å². The summed E-state index contributed by atoms with van der Waals surface area (Å²) in [5.74, 6) is 0. The Balaban J connectivity index is 0.000000583. The Labute approximate surface area is 381 Å². The molecule has 2 heterocycles. The molecule has 3 aliphatic rings. The molecule has 1 spiro atoms. The van der Waals surface area contributed by atoms with Crippen LogP contribution in [0.3, 0.4) is 0 Å². The van der Waals surface area contributed by atoms with Gasteiger partial charge in [-0.2, -0.15) is 0 Å². The average molecular weight is 836 g/mol. The maximum atomic E-state index is 7.30. The summed E-state index contributed by atoms with van der Waals surface area (Å²) in [4.78, 5) is 0. The van der Waals surface area contributed by atoms with E-state index in [-0.39, 0.29) is 5.41 Å². The topological polar surface area (TPSA) is 57.0 Å². The summed E-state index contributed by atoms with van der Waals surface area (Å²) >= 11 is 0. The summed E-state index contributed by atoms with van der Waals surface area (Å²) in [7, 11) is 0. The molecule has 0 saturated carbocycles. The Morgan fingerprint density at radius 2 is 1.12 bits per heavy atom. The molecule has 2 unspecified atom stereocenters. The van der Waals surface area contributed by atoms with E-state index in [1.54, 1.807) is 0 Å². The van der Waals surface area contributed by atoms with E-state index in [2.05, 4.69) is 183 Å². The van der Waals surface area contributed by atoms with Gasteiger partial charge in [0.2, 0.25) is 0 Å². The molecule has 0 amide bonds. The van der Waals surface area contributed by atoms with E-state index in [0.29, 0.717) is 5.70 Å². The van der Waals surface area contributed by atoms with Crippen LogP contribution in [0.2, 0.25) is 0 Å². The maximum Gasteiger partial charge on any atom is 0.0754 e. The Hall–Kier alpha value is -7.72. The molecule has 13 rings (SSSR count). The summed E-state index contributed by atoms with van der Waals surface area (Å²) in [6, 6.07) is 74.6. The minimum absolute atomic E-state index is 0.0940. The second-order valence-electron chi connectivity index (χ2n) is 18.5. The van der Waals surface area contributed by atoms with Gasteiger partial charge in [-0.25, -0.2) is 0 Å². The first kappa shape index (κ1) is 38.9. The highest BCUT2D eigenvalue weighted by Gasteiger charge is 2.51. The van der Waals surface area contributed by atoms with Gasteiger partial charge in [0.1, 0.15) is 0 Å². The monoisotopic (exact) mass is 835 g/mol. The first-order valence-electron chi connectivity index (χ1n) is 22.7. The molecule has 0 bridgehead atoms. The molecular formula is C62H49N3. The summed E-state index contributed by atoms with van der Waals surface area (Å²) in [5, 5.41) is 2.53. The van der Waals surface area contributed by atoms with Gasteiger partial charge in [0.15, 0.2) is 0 Å². The predicted octanol–water partition coefficient (Wildman–Crippen LogP) is 14.4. The molecule has 0 radical (unpaired) electrons. The van der Waals surface area contributed by atoms with Gasteiger partial charge in [0.25, 0.3) is 0 Å². The third-order valence-corrected chi connectivity index (χ3v) is 14.5. The molecule has 4 N–H and O–H groups in total. The van der Waals surface area contributed by atoms with Crippen molar-refractivity contribution in [3.63, 3.8) is 0 Å². The number of nitrogens with two attached hydrogens (primary N) is 2. The number of aryl methyl sites for hydroxylation is 1. The molecule has 1 aromatic heterocycles. The quantitative estimate of drug-likeness (QED) is 0.186. The van der Waals surface area contributed by atoms with Crippen molar-refractivity contribution in [2.45, 2.75) is 37.6 Å². The number of aromatic nitrogens is 1. The zero-order valence-corrected chi connectivity index (χ0v) is 36.9. The summed E-state index contributed by atoms with van der Waals surface area (Å²) in [6.07, 6.45) is 2.02. The highest BCUT2D eigenvalue weighted by molar-refractivity contribution is 6.13. The molecule has 2 atom stereocenters. The molecule has 0 fully saturated rings. The van der Waals surface area contributed by atoms with Gasteiger partial charge >= 0.3 is 0 Å². The van der Waals surface area contributed by atoms with E-state index in [9.17, 15) is 0 Å². The number of rotatable bonds is 4. The van der Waals surface area contributed by atoms with Crippen LogP contribution in [0.5, 0.6) is 0 Å². The molecule has 3 nitrogen and oxygen atoms in total. The van der Waals surface area contributed by atoms with Crippen molar-refractivity contribution in [1.29, 1.82) is 0 Å². The van der Waals surface area contributed by atoms with Crippen LogP contribution in [0.1, 0.15) is 70.0 Å². The molecule has 3 heteroatoms. The first-order valence-corrected chi connectivity index (χ1v) is 22.7. The molecule has 0 saturated heterocycles. The smallest absolute Gasteiger partial charge is 0.0754 e. The average Bonchev–Trinajstić information content (AvgIpc) is 3.93. The Kier molecular flexibility index (Phi) is 8.78. The van der Waals surface area contributed by atoms with Gasteiger partial charge in [-0.3, -0.25) is 0 Å². The second kappa shape index (κ2) is 14.7. The van der Waals surface area contributed by atoms with Crippen molar-refractivity contribution in [3.05, 3.63) is 262 Å². The van der Waals surface area contributed by atoms with Crippen LogP contribution in [0, 0.1) is 6.92 Å². The van der Waals surface area contributed by atoms with Crippen LogP contribution in [0.25, 0.3) is 66.6 Å². The third-order valence-electron chi connectivity index (χ3n) is 14.5. The lowest BCUT2D eigenvalue weighted by Crippen LogP contribution is -2.33. The SMILES string of the molecule is CC1(C)c2ccccc2-c2ccc(-c3ccc4c(c3)-c3c(C(N)/C=C(\N)c5ccccc5)cccc3C43c4ccccc4-n4c5ccccc5c5cccc3c54)cc21.Cc1ccccc1. The first-order chi connectivity index (χ1) is 31.8. The van der Waals surface area contributed by atoms with Gasteiger partial charge in [0, 0.05) is 21.9 Å². The Morgan fingerprint density at radius 1 is 0.508 bits per heavy atom. The van der Waals surface area contributed by atoms with Crippen LogP contribution in [0.4, 0.5) is 0 Å². The highest BCUT2D eigenvalue weighted by Crippen LogP contribution is 2.62. The van der Waals surface area contributed by atoms with Gasteiger partial charge in [-0.1, -0.05) is 201 Å². The van der Waals surface area contributed by atoms with Crippen molar-refractivity contribution in [1.82, 2.24) is 4.57 Å². The second-order valence-corrected chi connectivity index (χ2v) is 18.5. The highest BCUT2D eigenvalue weighted by atomic mass is 15.0. The fraction of sp³-hybridized carbons (Fsp3) is 0.0968. The van der Waals surface area contributed by atoms with Crippen LogP contribution >= 0.6 is 0 Å². The number of nitrogens with zero attached hydrogens (tertiary/aromatic N) is 1. The minimum atomic E-state index is -0.588. The lowest BCUT2D eigenvalue weighted by Gasteiger charge is -2.39. The largest absolute Gasteiger partial charge is 0.398 e. The Morgan fingerprint density at radius 3 is 1.92 bits per heavy atom. The molecule has 10 aromatic rings. The van der Waals surface area contributed by atoms with Gasteiger partial charge in [-0.05, 0) is 115 Å². The van der Waals surface area contributed by atoms with E-state index in [1.165, 1.54) is 99.8 Å². The number of para-hydroxylation sites is 3. The van der Waals surface area contributed by atoms with Crippen LogP contribution in [0.15, 0.2) is 212 Å². The summed E-state index contributed by atoms with van der Waals surface area (Å²) in [5.41, 5.74) is 36.4. The zero-order chi connectivity index (χ0) is 44.0. The van der Waals surface area contributed by atoms with E-state index in [0.717, 1.165) is 11.1 Å². The minimum Gasteiger partial charge on any atom is -0.398 e. The van der Waals surface area contributed by atoms with Crippen LogP contribution in [-0.2, 0) is 10.8 Å². The fourth-order valence-corrected chi connectivity index (χ4v) is 11.6. The molecule has 1 aliphatic heterocycles. The van der Waals surface area contributed by atoms with E-state index >= 15 is 0 Å². The Bertz CT molecular complexity index is 3560. The van der Waals surface area contributed by atoms with Crippen LogP contribution < -0.4 is 11.5 Å². The lowest BCUT2D eigenvalue weighted by atomic mass is 9.65. The number of hydrogen-bond donors (Lipinski definition) is 2. The summed E-state index contributed by atoms with van der Waals surface area (Å²) < 4.78 is 2.50. The van der Waals surface area contributed by atoms with Crippen molar-refractivity contribution in [3.8, 4) is 39.1 Å². The zero-order valence-electron chi connectivity index (χ0n) is 36.9. The molecule has 2 aliphatic carbocycles. The molecule has 9 aromatic carbocycles. The lowest BCUT2D eigenvalue weighted by molar-refractivity contribution is 0.660. The van der Waals surface area contributed by atoms with Gasteiger partial charge in [0.05, 0.1) is 28.2 Å². The number of fused-ring (bicyclic) bond motifs is 15. The summed E-state index contributed by atoms with van der Waals surface area (Å²) in [6.45, 7) is 6.79. The predicted molar refractivity (Wildman–Crippen MR) is 271 cm³/mol. The van der Waals surface area contributed by atoms with E-state index in [4.69, 9.17) is 11.5 Å². The number of benzene rings is 9. The molecule has 65 heavy (non-hydrogen) atoms. The molecular weight excluding hydrogens is 787 g/mol. The van der Waals surface area contributed by atoms with E-state index in [1.807, 2.05) is 54.6 Å². The van der Waals surface area contributed by atoms with Crippen molar-refractivity contribution < 1.29 is 0 Å². The van der Waals surface area contributed by atoms with Crippen molar-refractivity contribution >= 4 is 27.5 Å². The fourth-order valence-electron chi connectivity index (χ4n) is 11.6. The van der Waals surface area contributed by atoms with Gasteiger partial charge < -0.3 is 16.0 Å². The van der Waals surface area contributed by atoms with Gasteiger partial charge in [-0.15, -0.1) is 0 Å².